The topological polar surface area (TPSA) is 54.4 Å². The molecule has 0 amide bonds. The van der Waals surface area contributed by atoms with E-state index in [0.29, 0.717) is 25.7 Å². The van der Waals surface area contributed by atoms with Gasteiger partial charge in [-0.3, -0.25) is 10.2 Å². The van der Waals surface area contributed by atoms with Crippen LogP contribution in [0.25, 0.3) is 0 Å². The number of rotatable bonds is 4. The zero-order valence-corrected chi connectivity index (χ0v) is 14.0. The SMILES string of the molecule is CC(=O)c1sc(NN=C(C)c2ccc(Cl)c(Cl)c2)nc1C. The molecule has 0 spiro atoms. The molecule has 0 bridgehead atoms. The van der Waals surface area contributed by atoms with Crippen LogP contribution < -0.4 is 5.43 Å². The lowest BCUT2D eigenvalue weighted by atomic mass is 10.1. The number of thiazole rings is 1. The lowest BCUT2D eigenvalue weighted by Crippen LogP contribution is -1.99. The molecular weight excluding hydrogens is 329 g/mol. The van der Waals surface area contributed by atoms with Crippen LogP contribution in [0.15, 0.2) is 23.3 Å². The number of hydrazone groups is 1. The second-order valence-corrected chi connectivity index (χ2v) is 6.24. The highest BCUT2D eigenvalue weighted by Gasteiger charge is 2.11. The third-order valence-electron chi connectivity index (χ3n) is 2.77. The van der Waals surface area contributed by atoms with E-state index in [1.165, 1.54) is 18.3 Å². The van der Waals surface area contributed by atoms with Crippen LogP contribution in [0, 0.1) is 6.92 Å². The number of aromatic nitrogens is 1. The van der Waals surface area contributed by atoms with Gasteiger partial charge in [0, 0.05) is 6.92 Å². The van der Waals surface area contributed by atoms with Crippen molar-refractivity contribution in [1.82, 2.24) is 4.98 Å². The molecule has 0 unspecified atom stereocenters. The normalized spacial score (nSPS) is 11.6. The molecule has 0 radical (unpaired) electrons. The minimum Gasteiger partial charge on any atom is -0.294 e. The number of halogens is 2. The Kier molecular flexibility index (Phi) is 4.98. The summed E-state index contributed by atoms with van der Waals surface area (Å²) in [5.74, 6) is 0.00299. The summed E-state index contributed by atoms with van der Waals surface area (Å²) in [4.78, 5) is 16.3. The zero-order chi connectivity index (χ0) is 15.6. The summed E-state index contributed by atoms with van der Waals surface area (Å²) < 4.78 is 0. The van der Waals surface area contributed by atoms with Crippen molar-refractivity contribution in [1.29, 1.82) is 0 Å². The Labute approximate surface area is 136 Å². The predicted octanol–water partition coefficient (Wildman–Crippen LogP) is 4.80. The molecule has 2 rings (SSSR count). The molecule has 7 heteroatoms. The average Bonchev–Trinajstić information content (AvgIpc) is 2.80. The number of anilines is 1. The van der Waals surface area contributed by atoms with Crippen LogP contribution in [0.1, 0.15) is 34.8 Å². The lowest BCUT2D eigenvalue weighted by molar-refractivity contribution is 0.102. The fourth-order valence-corrected chi connectivity index (χ4v) is 2.79. The Hall–Kier alpha value is -1.43. The van der Waals surface area contributed by atoms with Crippen molar-refractivity contribution in [3.63, 3.8) is 0 Å². The highest BCUT2D eigenvalue weighted by atomic mass is 35.5. The summed E-state index contributed by atoms with van der Waals surface area (Å²) >= 11 is 13.1. The number of ketones is 1. The molecule has 0 saturated heterocycles. The van der Waals surface area contributed by atoms with Gasteiger partial charge in [0.1, 0.15) is 0 Å². The number of aryl methyl sites for hydroxylation is 1. The van der Waals surface area contributed by atoms with Crippen molar-refractivity contribution in [2.24, 2.45) is 5.10 Å². The van der Waals surface area contributed by atoms with Gasteiger partial charge in [-0.25, -0.2) is 4.98 Å². The molecule has 1 aromatic carbocycles. The quantitative estimate of drug-likeness (QED) is 0.493. The lowest BCUT2D eigenvalue weighted by Gasteiger charge is -2.03. The summed E-state index contributed by atoms with van der Waals surface area (Å²) in [5.41, 5.74) is 5.17. The number of nitrogens with zero attached hydrogens (tertiary/aromatic N) is 2. The number of carbonyl (C=O) groups is 1. The summed E-state index contributed by atoms with van der Waals surface area (Å²) in [5, 5.41) is 5.81. The first kappa shape index (κ1) is 15.9. The van der Waals surface area contributed by atoms with Gasteiger partial charge in [0.2, 0.25) is 5.13 Å². The Balaban J connectivity index is 2.18. The molecule has 4 nitrogen and oxygen atoms in total. The van der Waals surface area contributed by atoms with Crippen LogP contribution in [0.3, 0.4) is 0 Å². The van der Waals surface area contributed by atoms with Crippen molar-refractivity contribution < 1.29 is 4.79 Å². The van der Waals surface area contributed by atoms with Gasteiger partial charge in [-0.05, 0) is 31.5 Å². The van der Waals surface area contributed by atoms with Gasteiger partial charge in [-0.15, -0.1) is 0 Å². The second-order valence-electron chi connectivity index (χ2n) is 4.43. The first-order valence-electron chi connectivity index (χ1n) is 6.12. The first-order valence-corrected chi connectivity index (χ1v) is 7.70. The molecule has 2 aromatic rings. The molecule has 0 aliphatic carbocycles. The first-order chi connectivity index (χ1) is 9.88. The number of Topliss-reactive ketones (excluding diaryl/α,β-unsaturated/α-hetero) is 1. The Morgan fingerprint density at radius 2 is 2.00 bits per heavy atom. The molecule has 0 aliphatic heterocycles. The van der Waals surface area contributed by atoms with E-state index in [0.717, 1.165) is 11.3 Å². The molecular formula is C14H13Cl2N3OS. The maximum absolute atomic E-state index is 11.4. The molecule has 0 atom stereocenters. The van der Waals surface area contributed by atoms with Gasteiger partial charge >= 0.3 is 0 Å². The number of hydrogen-bond donors (Lipinski definition) is 1. The maximum Gasteiger partial charge on any atom is 0.204 e. The summed E-state index contributed by atoms with van der Waals surface area (Å²) in [6.45, 7) is 5.17. The molecule has 110 valence electrons. The van der Waals surface area contributed by atoms with Gasteiger partial charge in [0.15, 0.2) is 5.78 Å². The Morgan fingerprint density at radius 1 is 1.29 bits per heavy atom. The second kappa shape index (κ2) is 6.56. The van der Waals surface area contributed by atoms with Gasteiger partial charge in [0.05, 0.1) is 26.3 Å². The van der Waals surface area contributed by atoms with E-state index in [1.54, 1.807) is 19.1 Å². The smallest absolute Gasteiger partial charge is 0.204 e. The third-order valence-corrected chi connectivity index (χ3v) is 4.67. The highest BCUT2D eigenvalue weighted by Crippen LogP contribution is 2.24. The largest absolute Gasteiger partial charge is 0.294 e. The fraction of sp³-hybridized carbons (Fsp3) is 0.214. The van der Waals surface area contributed by atoms with Crippen molar-refractivity contribution in [2.75, 3.05) is 5.43 Å². The molecule has 1 heterocycles. The van der Waals surface area contributed by atoms with Gasteiger partial charge < -0.3 is 0 Å². The van der Waals surface area contributed by atoms with E-state index in [1.807, 2.05) is 13.0 Å². The van der Waals surface area contributed by atoms with E-state index >= 15 is 0 Å². The van der Waals surface area contributed by atoms with E-state index in [9.17, 15) is 4.79 Å². The number of benzene rings is 1. The van der Waals surface area contributed by atoms with E-state index in [2.05, 4.69) is 15.5 Å². The minimum absolute atomic E-state index is 0.00299. The monoisotopic (exact) mass is 341 g/mol. The van der Waals surface area contributed by atoms with Gasteiger partial charge in [-0.1, -0.05) is 40.6 Å². The van der Waals surface area contributed by atoms with Crippen LogP contribution in [0.5, 0.6) is 0 Å². The standard InChI is InChI=1S/C14H13Cl2N3OS/c1-7(10-4-5-11(15)12(16)6-10)18-19-14-17-8(2)13(21-14)9(3)20/h4-6H,1-3H3,(H,17,19). The average molecular weight is 342 g/mol. The van der Waals surface area contributed by atoms with Crippen LogP contribution in [0.4, 0.5) is 5.13 Å². The van der Waals surface area contributed by atoms with E-state index in [4.69, 9.17) is 23.2 Å². The Morgan fingerprint density at radius 3 is 2.57 bits per heavy atom. The number of nitrogens with one attached hydrogen (secondary N) is 1. The summed E-state index contributed by atoms with van der Waals surface area (Å²) in [6, 6.07) is 5.31. The molecule has 1 aromatic heterocycles. The Bertz CT molecular complexity index is 725. The summed E-state index contributed by atoms with van der Waals surface area (Å²) in [7, 11) is 0. The zero-order valence-electron chi connectivity index (χ0n) is 11.7. The van der Waals surface area contributed by atoms with Gasteiger partial charge in [-0.2, -0.15) is 5.10 Å². The molecule has 21 heavy (non-hydrogen) atoms. The molecule has 1 N–H and O–H groups in total. The maximum atomic E-state index is 11.4. The van der Waals surface area contributed by atoms with Gasteiger partial charge in [0.25, 0.3) is 0 Å². The van der Waals surface area contributed by atoms with E-state index < -0.39 is 0 Å². The van der Waals surface area contributed by atoms with Crippen molar-refractivity contribution >= 4 is 51.2 Å². The third kappa shape index (κ3) is 3.81. The summed E-state index contributed by atoms with van der Waals surface area (Å²) in [6.07, 6.45) is 0. The predicted molar refractivity (Wildman–Crippen MR) is 89.2 cm³/mol. The highest BCUT2D eigenvalue weighted by molar-refractivity contribution is 7.17. The molecule has 0 saturated carbocycles. The van der Waals surface area contributed by atoms with Crippen LogP contribution >= 0.6 is 34.5 Å². The number of carbonyl (C=O) groups excluding carboxylic acids is 1. The van der Waals surface area contributed by atoms with Crippen LogP contribution in [-0.4, -0.2) is 16.5 Å². The molecule has 0 aliphatic rings. The molecule has 0 fully saturated rings. The van der Waals surface area contributed by atoms with Crippen LogP contribution in [0.2, 0.25) is 10.0 Å². The number of hydrogen-bond acceptors (Lipinski definition) is 5. The van der Waals surface area contributed by atoms with Crippen molar-refractivity contribution in [3.8, 4) is 0 Å². The van der Waals surface area contributed by atoms with Crippen molar-refractivity contribution in [3.05, 3.63) is 44.4 Å². The van der Waals surface area contributed by atoms with Crippen molar-refractivity contribution in [2.45, 2.75) is 20.8 Å². The minimum atomic E-state index is 0.00299. The van der Waals surface area contributed by atoms with Crippen LogP contribution in [-0.2, 0) is 0 Å². The van der Waals surface area contributed by atoms with E-state index in [-0.39, 0.29) is 5.78 Å². The fourth-order valence-electron chi connectivity index (χ4n) is 1.69.